The molecule has 4 nitrogen and oxygen atoms in total. The summed E-state index contributed by atoms with van der Waals surface area (Å²) in [7, 11) is 0. The van der Waals surface area contributed by atoms with Crippen LogP contribution < -0.4 is 0 Å². The molecule has 0 aliphatic heterocycles. The van der Waals surface area contributed by atoms with E-state index in [4.69, 9.17) is 5.11 Å². The van der Waals surface area contributed by atoms with E-state index < -0.39 is 0 Å². The van der Waals surface area contributed by atoms with Gasteiger partial charge in [-0.2, -0.15) is 0 Å². The molecule has 0 spiro atoms. The van der Waals surface area contributed by atoms with Gasteiger partial charge in [0.2, 0.25) is 0 Å². The molecule has 0 bridgehead atoms. The van der Waals surface area contributed by atoms with Crippen molar-refractivity contribution in [3.05, 3.63) is 52.8 Å². The van der Waals surface area contributed by atoms with Gasteiger partial charge < -0.3 is 20.4 Å². The van der Waals surface area contributed by atoms with Gasteiger partial charge in [-0.15, -0.1) is 0 Å². The van der Waals surface area contributed by atoms with Gasteiger partial charge in [0.05, 0.1) is 13.2 Å². The molecule has 0 aromatic heterocycles. The largest absolute Gasteiger partial charge is 0.508 e. The molecule has 0 heterocycles. The number of aromatic hydroxyl groups is 1. The van der Waals surface area contributed by atoms with Crippen LogP contribution in [-0.2, 0) is 13.0 Å². The van der Waals surface area contributed by atoms with Gasteiger partial charge >= 0.3 is 0 Å². The molecule has 1 aromatic rings. The summed E-state index contributed by atoms with van der Waals surface area (Å²) in [5, 5.41) is 37.5. The third-order valence-corrected chi connectivity index (χ3v) is 3.13. The topological polar surface area (TPSA) is 80.9 Å². The summed E-state index contributed by atoms with van der Waals surface area (Å²) in [6.07, 6.45) is 4.05. The molecule has 4 heteroatoms. The highest BCUT2D eigenvalue weighted by molar-refractivity contribution is 5.36. The minimum absolute atomic E-state index is 0.0844. The van der Waals surface area contributed by atoms with Crippen molar-refractivity contribution in [3.63, 3.8) is 0 Å². The molecule has 110 valence electrons. The minimum atomic E-state index is -0.210. The monoisotopic (exact) mass is 278 g/mol. The lowest BCUT2D eigenvalue weighted by molar-refractivity contribution is 0.275. The van der Waals surface area contributed by atoms with Crippen molar-refractivity contribution >= 4 is 0 Å². The summed E-state index contributed by atoms with van der Waals surface area (Å²) in [5.74, 6) is 0.276. The number of aliphatic hydroxyl groups excluding tert-OH is 3. The molecule has 1 atom stereocenters. The molecule has 0 saturated carbocycles. The summed E-state index contributed by atoms with van der Waals surface area (Å²) in [6, 6.07) is 5.12. The van der Waals surface area contributed by atoms with Crippen molar-refractivity contribution < 1.29 is 20.4 Å². The Bertz CT molecular complexity index is 503. The van der Waals surface area contributed by atoms with Crippen LogP contribution in [0.3, 0.4) is 0 Å². The van der Waals surface area contributed by atoms with Gasteiger partial charge in [-0.3, -0.25) is 0 Å². The molecule has 1 rings (SSSR count). The molecule has 0 aliphatic rings. The van der Waals surface area contributed by atoms with Crippen LogP contribution in [0.1, 0.15) is 25.0 Å². The van der Waals surface area contributed by atoms with Crippen LogP contribution in [0.15, 0.2) is 41.7 Å². The molecule has 0 amide bonds. The average Bonchev–Trinajstić information content (AvgIpc) is 2.45. The van der Waals surface area contributed by atoms with Gasteiger partial charge in [0.25, 0.3) is 0 Å². The van der Waals surface area contributed by atoms with E-state index in [1.807, 2.05) is 13.0 Å². The van der Waals surface area contributed by atoms with Crippen LogP contribution in [0.25, 0.3) is 0 Å². The molecule has 0 fully saturated rings. The zero-order valence-corrected chi connectivity index (χ0v) is 11.9. The molecule has 1 aromatic carbocycles. The third-order valence-electron chi connectivity index (χ3n) is 3.13. The first-order valence-electron chi connectivity index (χ1n) is 6.60. The number of hydrogen-bond acceptors (Lipinski definition) is 4. The lowest BCUT2D eigenvalue weighted by Gasteiger charge is -2.11. The quantitative estimate of drug-likeness (QED) is 0.476. The Hall–Kier alpha value is -1.78. The molecule has 0 saturated heterocycles. The number of rotatable bonds is 6. The van der Waals surface area contributed by atoms with Gasteiger partial charge in [-0.05, 0) is 43.0 Å². The Labute approximate surface area is 119 Å². The lowest BCUT2D eigenvalue weighted by atomic mass is 9.96. The normalized spacial score (nSPS) is 14.4. The van der Waals surface area contributed by atoms with Crippen molar-refractivity contribution in [2.24, 2.45) is 5.92 Å². The summed E-state index contributed by atoms with van der Waals surface area (Å²) in [4.78, 5) is 0. The smallest absolute Gasteiger partial charge is 0.121 e. The number of hydrogen-bond donors (Lipinski definition) is 4. The van der Waals surface area contributed by atoms with Crippen LogP contribution >= 0.6 is 0 Å². The summed E-state index contributed by atoms with van der Waals surface area (Å²) < 4.78 is 0. The fraction of sp³-hybridized carbons (Fsp3) is 0.375. The second kappa shape index (κ2) is 7.72. The average molecular weight is 278 g/mol. The highest BCUT2D eigenvalue weighted by atomic mass is 16.3. The maximum absolute atomic E-state index is 9.62. The van der Waals surface area contributed by atoms with Gasteiger partial charge in [-0.1, -0.05) is 19.1 Å². The van der Waals surface area contributed by atoms with E-state index >= 15 is 0 Å². The van der Waals surface area contributed by atoms with E-state index in [0.717, 1.165) is 5.56 Å². The van der Waals surface area contributed by atoms with E-state index in [-0.39, 0.29) is 30.6 Å². The van der Waals surface area contributed by atoms with Crippen LogP contribution in [-0.4, -0.2) is 27.0 Å². The predicted octanol–water partition coefficient (Wildman–Crippen LogP) is 2.44. The van der Waals surface area contributed by atoms with E-state index in [2.05, 4.69) is 0 Å². The van der Waals surface area contributed by atoms with Crippen LogP contribution in [0.5, 0.6) is 5.75 Å². The Balaban J connectivity index is 2.85. The Morgan fingerprint density at radius 3 is 2.55 bits per heavy atom. The molecule has 4 N–H and O–H groups in total. The first kappa shape index (κ1) is 16.3. The Kier molecular flexibility index (Phi) is 6.28. The Morgan fingerprint density at radius 1 is 1.30 bits per heavy atom. The van der Waals surface area contributed by atoms with E-state index in [9.17, 15) is 15.3 Å². The van der Waals surface area contributed by atoms with Crippen molar-refractivity contribution in [1.82, 2.24) is 0 Å². The second-order valence-corrected chi connectivity index (χ2v) is 4.83. The number of phenols is 1. The van der Waals surface area contributed by atoms with E-state index in [1.165, 1.54) is 0 Å². The van der Waals surface area contributed by atoms with Crippen molar-refractivity contribution in [2.45, 2.75) is 26.9 Å². The first-order chi connectivity index (χ1) is 9.51. The highest BCUT2D eigenvalue weighted by Crippen LogP contribution is 2.21. The molecule has 0 radical (unpaired) electrons. The molecule has 1 unspecified atom stereocenters. The fourth-order valence-electron chi connectivity index (χ4n) is 2.07. The standard InChI is InChI=1S/C16H22O4/c1-3-15(19)13(9-17)7-11(2)6-12-4-5-16(20)14(8-12)10-18/h3-5,7-8,11,17-20H,6,9-10H2,1-2H3/b13-7-,15-3+. The highest BCUT2D eigenvalue weighted by Gasteiger charge is 2.08. The molecular weight excluding hydrogens is 256 g/mol. The van der Waals surface area contributed by atoms with Crippen molar-refractivity contribution in [3.8, 4) is 5.75 Å². The van der Waals surface area contributed by atoms with Crippen molar-refractivity contribution in [2.75, 3.05) is 6.61 Å². The summed E-state index contributed by atoms with van der Waals surface area (Å²) >= 11 is 0. The van der Waals surface area contributed by atoms with Gasteiger partial charge in [0.15, 0.2) is 0 Å². The molecule has 0 aliphatic carbocycles. The minimum Gasteiger partial charge on any atom is -0.508 e. The maximum atomic E-state index is 9.62. The zero-order valence-electron chi connectivity index (χ0n) is 11.9. The third kappa shape index (κ3) is 4.40. The summed E-state index contributed by atoms with van der Waals surface area (Å²) in [5.41, 5.74) is 1.98. The van der Waals surface area contributed by atoms with E-state index in [0.29, 0.717) is 17.6 Å². The molecule has 20 heavy (non-hydrogen) atoms. The van der Waals surface area contributed by atoms with Gasteiger partial charge in [0, 0.05) is 11.1 Å². The SMILES string of the molecule is C/C=C(O)\C(=C/C(C)Cc1ccc(O)c(CO)c1)CO. The van der Waals surface area contributed by atoms with Crippen LogP contribution in [0.2, 0.25) is 0 Å². The fourth-order valence-corrected chi connectivity index (χ4v) is 2.07. The van der Waals surface area contributed by atoms with Gasteiger partial charge in [0.1, 0.15) is 11.5 Å². The summed E-state index contributed by atoms with van der Waals surface area (Å²) in [6.45, 7) is 3.27. The zero-order chi connectivity index (χ0) is 15.1. The van der Waals surface area contributed by atoms with Gasteiger partial charge in [-0.25, -0.2) is 0 Å². The second-order valence-electron chi connectivity index (χ2n) is 4.83. The van der Waals surface area contributed by atoms with E-state index in [1.54, 1.807) is 31.2 Å². The van der Waals surface area contributed by atoms with Crippen LogP contribution in [0, 0.1) is 5.92 Å². The lowest BCUT2D eigenvalue weighted by Crippen LogP contribution is -2.02. The van der Waals surface area contributed by atoms with Crippen molar-refractivity contribution in [1.29, 1.82) is 0 Å². The number of aliphatic hydroxyl groups is 3. The Morgan fingerprint density at radius 2 is 2.00 bits per heavy atom. The number of benzene rings is 1. The maximum Gasteiger partial charge on any atom is 0.121 e. The predicted molar refractivity (Wildman–Crippen MR) is 78.5 cm³/mol. The van der Waals surface area contributed by atoms with Crippen LogP contribution in [0.4, 0.5) is 0 Å². The number of allylic oxidation sites excluding steroid dienone is 2. The molecular formula is C16H22O4. The first-order valence-corrected chi connectivity index (χ1v) is 6.60.